The molecule has 3 aromatic rings. The lowest BCUT2D eigenvalue weighted by atomic mass is 10.2. The first-order chi connectivity index (χ1) is 11.5. The minimum absolute atomic E-state index is 0.0302. The van der Waals surface area contributed by atoms with Crippen LogP contribution < -0.4 is 4.72 Å². The Morgan fingerprint density at radius 1 is 1.08 bits per heavy atom. The third-order valence-electron chi connectivity index (χ3n) is 3.27. The molecule has 1 aromatic carbocycles. The Balaban J connectivity index is 1.77. The molecule has 2 aromatic heterocycles. The number of nitrogens with one attached hydrogen (secondary N) is 1. The van der Waals surface area contributed by atoms with Crippen molar-refractivity contribution in [1.29, 1.82) is 0 Å². The summed E-state index contributed by atoms with van der Waals surface area (Å²) in [6.45, 7) is -0.0302. The number of aromatic nitrogens is 1. The molecule has 8 heteroatoms. The molecule has 24 heavy (non-hydrogen) atoms. The van der Waals surface area contributed by atoms with Gasteiger partial charge in [0.25, 0.3) is 0 Å². The van der Waals surface area contributed by atoms with E-state index >= 15 is 0 Å². The largest absolute Gasteiger partial charge is 0.463 e. The lowest BCUT2D eigenvalue weighted by molar-refractivity contribution is 0.504. The molecule has 0 radical (unpaired) electrons. The fourth-order valence-electron chi connectivity index (χ4n) is 2.05. The first-order valence-electron chi connectivity index (χ1n) is 6.89. The van der Waals surface area contributed by atoms with Crippen molar-refractivity contribution in [2.75, 3.05) is 0 Å². The highest BCUT2D eigenvalue weighted by Crippen LogP contribution is 2.19. The first-order valence-corrected chi connectivity index (χ1v) is 8.37. The molecule has 0 atom stereocenters. The van der Waals surface area contributed by atoms with Gasteiger partial charge < -0.3 is 4.42 Å². The highest BCUT2D eigenvalue weighted by atomic mass is 32.2. The van der Waals surface area contributed by atoms with Crippen LogP contribution in [0.15, 0.2) is 64.2 Å². The number of furan rings is 1. The molecule has 0 aliphatic carbocycles. The molecule has 0 fully saturated rings. The van der Waals surface area contributed by atoms with E-state index in [0.29, 0.717) is 23.1 Å². The van der Waals surface area contributed by atoms with Crippen molar-refractivity contribution in [2.24, 2.45) is 0 Å². The van der Waals surface area contributed by atoms with Gasteiger partial charge in [-0.1, -0.05) is 0 Å². The predicted molar refractivity (Wildman–Crippen MR) is 82.3 cm³/mol. The summed E-state index contributed by atoms with van der Waals surface area (Å²) in [6.07, 6.45) is 3.04. The maximum atomic E-state index is 13.2. The van der Waals surface area contributed by atoms with Crippen molar-refractivity contribution in [2.45, 2.75) is 11.4 Å². The molecule has 3 rings (SSSR count). The van der Waals surface area contributed by atoms with E-state index in [-0.39, 0.29) is 11.4 Å². The van der Waals surface area contributed by atoms with Gasteiger partial charge in [0.15, 0.2) is 17.4 Å². The van der Waals surface area contributed by atoms with Gasteiger partial charge in [-0.25, -0.2) is 21.9 Å². The van der Waals surface area contributed by atoms with Crippen molar-refractivity contribution in [1.82, 2.24) is 9.71 Å². The molecular formula is C16H12F2N2O3S. The minimum atomic E-state index is -3.96. The lowest BCUT2D eigenvalue weighted by Gasteiger charge is -2.08. The Bertz CT molecular complexity index is 957. The molecule has 0 saturated heterocycles. The van der Waals surface area contributed by atoms with Crippen LogP contribution in [0.3, 0.4) is 0 Å². The summed E-state index contributed by atoms with van der Waals surface area (Å²) in [6, 6.07) is 9.17. The maximum Gasteiger partial charge on any atom is 0.240 e. The van der Waals surface area contributed by atoms with Gasteiger partial charge in [0.1, 0.15) is 5.69 Å². The van der Waals surface area contributed by atoms with Crippen LogP contribution in [-0.4, -0.2) is 13.4 Å². The van der Waals surface area contributed by atoms with Crippen LogP contribution in [0.25, 0.3) is 11.5 Å². The molecule has 0 aliphatic heterocycles. The van der Waals surface area contributed by atoms with Gasteiger partial charge in [0.05, 0.1) is 11.2 Å². The molecule has 5 nitrogen and oxygen atoms in total. The number of hydrogen-bond donors (Lipinski definition) is 1. The molecule has 0 saturated carbocycles. The number of rotatable bonds is 5. The Labute approximate surface area is 137 Å². The lowest BCUT2D eigenvalue weighted by Crippen LogP contribution is -2.23. The summed E-state index contributed by atoms with van der Waals surface area (Å²) in [5, 5.41) is 0. The molecule has 1 N–H and O–H groups in total. The van der Waals surface area contributed by atoms with E-state index in [1.165, 1.54) is 12.5 Å². The van der Waals surface area contributed by atoms with Gasteiger partial charge in [-0.15, -0.1) is 0 Å². The average molecular weight is 350 g/mol. The Morgan fingerprint density at radius 2 is 1.92 bits per heavy atom. The SMILES string of the molecule is O=S(=O)(NCc1ccnc(-c2ccco2)c1)c1ccc(F)c(F)c1. The highest BCUT2D eigenvalue weighted by Gasteiger charge is 2.16. The Hall–Kier alpha value is -2.58. The maximum absolute atomic E-state index is 13.2. The van der Waals surface area contributed by atoms with Crippen LogP contribution in [0.5, 0.6) is 0 Å². The van der Waals surface area contributed by atoms with Crippen LogP contribution in [0.1, 0.15) is 5.56 Å². The van der Waals surface area contributed by atoms with Crippen LogP contribution in [0.4, 0.5) is 8.78 Å². The summed E-state index contributed by atoms with van der Waals surface area (Å²) in [5.41, 5.74) is 1.20. The normalized spacial score (nSPS) is 11.6. The third kappa shape index (κ3) is 3.50. The van der Waals surface area contributed by atoms with E-state index in [1.54, 1.807) is 24.3 Å². The van der Waals surface area contributed by atoms with Gasteiger partial charge in [0, 0.05) is 12.7 Å². The first kappa shape index (κ1) is 16.3. The van der Waals surface area contributed by atoms with E-state index in [4.69, 9.17) is 4.42 Å². The second kappa shape index (κ2) is 6.50. The van der Waals surface area contributed by atoms with Gasteiger partial charge >= 0.3 is 0 Å². The monoisotopic (exact) mass is 350 g/mol. The number of hydrogen-bond acceptors (Lipinski definition) is 4. The average Bonchev–Trinajstić information content (AvgIpc) is 3.10. The van der Waals surface area contributed by atoms with Gasteiger partial charge in [0.2, 0.25) is 10.0 Å². The van der Waals surface area contributed by atoms with Gasteiger partial charge in [-0.3, -0.25) is 4.98 Å². The van der Waals surface area contributed by atoms with Crippen molar-refractivity contribution >= 4 is 10.0 Å². The smallest absolute Gasteiger partial charge is 0.240 e. The number of pyridine rings is 1. The van der Waals surface area contributed by atoms with Crippen LogP contribution in [0, 0.1) is 11.6 Å². The number of benzene rings is 1. The molecular weight excluding hydrogens is 338 g/mol. The Morgan fingerprint density at radius 3 is 2.62 bits per heavy atom. The number of halogens is 2. The summed E-state index contributed by atoms with van der Waals surface area (Å²) in [7, 11) is -3.96. The highest BCUT2D eigenvalue weighted by molar-refractivity contribution is 7.89. The second-order valence-electron chi connectivity index (χ2n) is 4.93. The van der Waals surface area contributed by atoms with Crippen molar-refractivity contribution in [3.63, 3.8) is 0 Å². The standard InChI is InChI=1S/C16H12F2N2O3S/c17-13-4-3-12(9-14(13)18)24(21,22)20-10-11-5-6-19-15(8-11)16-2-1-7-23-16/h1-9,20H,10H2. The third-order valence-corrected chi connectivity index (χ3v) is 4.66. The van der Waals surface area contributed by atoms with Crippen molar-refractivity contribution in [3.05, 3.63) is 72.1 Å². The summed E-state index contributed by atoms with van der Waals surface area (Å²) in [4.78, 5) is 3.80. The van der Waals surface area contributed by atoms with Gasteiger partial charge in [-0.05, 0) is 48.0 Å². The summed E-state index contributed by atoms with van der Waals surface area (Å²) >= 11 is 0. The molecule has 124 valence electrons. The van der Waals surface area contributed by atoms with E-state index in [0.717, 1.165) is 12.1 Å². The quantitative estimate of drug-likeness (QED) is 0.767. The van der Waals surface area contributed by atoms with Crippen molar-refractivity contribution < 1.29 is 21.6 Å². The predicted octanol–water partition coefficient (Wildman–Crippen LogP) is 3.10. The molecule has 2 heterocycles. The molecule has 0 unspecified atom stereocenters. The zero-order chi connectivity index (χ0) is 17.2. The summed E-state index contributed by atoms with van der Waals surface area (Å²) < 4.78 is 58.0. The summed E-state index contributed by atoms with van der Waals surface area (Å²) in [5.74, 6) is -1.77. The topological polar surface area (TPSA) is 72.2 Å². The zero-order valence-electron chi connectivity index (χ0n) is 12.2. The van der Waals surface area contributed by atoms with Crippen LogP contribution in [0.2, 0.25) is 0 Å². The van der Waals surface area contributed by atoms with Gasteiger partial charge in [-0.2, -0.15) is 0 Å². The van der Waals surface area contributed by atoms with E-state index < -0.39 is 21.7 Å². The molecule has 0 spiro atoms. The second-order valence-corrected chi connectivity index (χ2v) is 6.69. The molecule has 0 amide bonds. The van der Waals surface area contributed by atoms with Crippen LogP contribution >= 0.6 is 0 Å². The zero-order valence-corrected chi connectivity index (χ0v) is 13.1. The minimum Gasteiger partial charge on any atom is -0.463 e. The fraction of sp³-hybridized carbons (Fsp3) is 0.0625. The Kier molecular flexibility index (Phi) is 4.41. The fourth-order valence-corrected chi connectivity index (χ4v) is 3.08. The molecule has 0 bridgehead atoms. The van der Waals surface area contributed by atoms with Crippen molar-refractivity contribution in [3.8, 4) is 11.5 Å². The van der Waals surface area contributed by atoms with E-state index in [1.807, 2.05) is 0 Å². The molecule has 0 aliphatic rings. The number of sulfonamides is 1. The van der Waals surface area contributed by atoms with Crippen LogP contribution in [-0.2, 0) is 16.6 Å². The van der Waals surface area contributed by atoms with E-state index in [2.05, 4.69) is 9.71 Å². The number of nitrogens with zero attached hydrogens (tertiary/aromatic N) is 1. The van der Waals surface area contributed by atoms with E-state index in [9.17, 15) is 17.2 Å².